The molecule has 1 fully saturated rings. The molecule has 5 rings (SSSR count). The fraction of sp³-hybridized carbons (Fsp3) is 0.379. The van der Waals surface area contributed by atoms with Crippen LogP contribution in [-0.2, 0) is 20.9 Å². The SMILES string of the molecule is COc1cc(C2=C(c3cn(CCCNC(=O)C(C)CO)c4ccccc34)C3(CO3)NC2=O)cc(OC)c1OC. The van der Waals surface area contributed by atoms with Crippen molar-refractivity contribution in [1.82, 2.24) is 15.2 Å². The molecule has 0 aliphatic carbocycles. The summed E-state index contributed by atoms with van der Waals surface area (Å²) >= 11 is 0. The van der Waals surface area contributed by atoms with Crippen LogP contribution in [0.1, 0.15) is 24.5 Å². The van der Waals surface area contributed by atoms with E-state index in [1.54, 1.807) is 19.1 Å². The number of carbonyl (C=O) groups excluding carboxylic acids is 2. The zero-order chi connectivity index (χ0) is 27.7. The van der Waals surface area contributed by atoms with Gasteiger partial charge in [0, 0.05) is 41.3 Å². The van der Waals surface area contributed by atoms with Crippen LogP contribution in [0.4, 0.5) is 0 Å². The molecule has 2 aliphatic heterocycles. The number of aliphatic hydroxyl groups is 1. The molecule has 206 valence electrons. The Hall–Kier alpha value is -4.02. The van der Waals surface area contributed by atoms with Gasteiger partial charge in [-0.05, 0) is 30.2 Å². The van der Waals surface area contributed by atoms with Crippen molar-refractivity contribution in [3.8, 4) is 17.2 Å². The molecule has 2 aliphatic rings. The van der Waals surface area contributed by atoms with E-state index in [0.717, 1.165) is 22.0 Å². The summed E-state index contributed by atoms with van der Waals surface area (Å²) < 4.78 is 24.6. The number of aryl methyl sites for hydroxylation is 1. The maximum Gasteiger partial charge on any atom is 0.254 e. The number of epoxide rings is 1. The van der Waals surface area contributed by atoms with Gasteiger partial charge in [-0.25, -0.2) is 0 Å². The van der Waals surface area contributed by atoms with E-state index in [2.05, 4.69) is 15.2 Å². The molecule has 3 N–H and O–H groups in total. The van der Waals surface area contributed by atoms with E-state index in [0.29, 0.717) is 54.5 Å². The number of fused-ring (bicyclic) bond motifs is 1. The Morgan fingerprint density at radius 1 is 1.18 bits per heavy atom. The van der Waals surface area contributed by atoms with Crippen molar-refractivity contribution in [1.29, 1.82) is 0 Å². The second-order valence-corrected chi connectivity index (χ2v) is 9.72. The number of carbonyl (C=O) groups is 2. The summed E-state index contributed by atoms with van der Waals surface area (Å²) in [6, 6.07) is 11.6. The Labute approximate surface area is 226 Å². The topological polar surface area (TPSA) is 124 Å². The van der Waals surface area contributed by atoms with E-state index >= 15 is 0 Å². The fourth-order valence-electron chi connectivity index (χ4n) is 5.11. The summed E-state index contributed by atoms with van der Waals surface area (Å²) in [5.41, 5.74) is 2.89. The maximum atomic E-state index is 13.4. The molecule has 2 unspecified atom stereocenters. The third-order valence-corrected chi connectivity index (χ3v) is 7.24. The average Bonchev–Trinajstić information content (AvgIpc) is 3.55. The van der Waals surface area contributed by atoms with Gasteiger partial charge in [-0.1, -0.05) is 25.1 Å². The molecule has 10 heteroatoms. The molecule has 0 saturated carbocycles. The molecule has 2 atom stereocenters. The Kier molecular flexibility index (Phi) is 7.24. The van der Waals surface area contributed by atoms with Gasteiger partial charge in [0.15, 0.2) is 17.2 Å². The lowest BCUT2D eigenvalue weighted by Gasteiger charge is -2.15. The van der Waals surface area contributed by atoms with Crippen LogP contribution in [0.3, 0.4) is 0 Å². The normalized spacial score (nSPS) is 18.8. The summed E-state index contributed by atoms with van der Waals surface area (Å²) in [5, 5.41) is 16.1. The van der Waals surface area contributed by atoms with Crippen molar-refractivity contribution in [2.75, 3.05) is 41.1 Å². The van der Waals surface area contributed by atoms with Gasteiger partial charge in [0.1, 0.15) is 6.61 Å². The maximum absolute atomic E-state index is 13.4. The Bertz CT molecular complexity index is 1430. The van der Waals surface area contributed by atoms with Crippen LogP contribution >= 0.6 is 0 Å². The predicted molar refractivity (Wildman–Crippen MR) is 146 cm³/mol. The van der Waals surface area contributed by atoms with Crippen LogP contribution < -0.4 is 24.8 Å². The highest BCUT2D eigenvalue weighted by Gasteiger charge is 2.57. The van der Waals surface area contributed by atoms with Gasteiger partial charge in [0.05, 0.1) is 39.4 Å². The number of ether oxygens (including phenoxy) is 4. The number of nitrogens with one attached hydrogen (secondary N) is 2. The second kappa shape index (κ2) is 10.6. The Morgan fingerprint density at radius 2 is 1.87 bits per heavy atom. The number of benzene rings is 2. The first-order valence-corrected chi connectivity index (χ1v) is 12.9. The van der Waals surface area contributed by atoms with Crippen molar-refractivity contribution in [3.63, 3.8) is 0 Å². The minimum atomic E-state index is -0.893. The van der Waals surface area contributed by atoms with Crippen LogP contribution in [-0.4, -0.2) is 68.3 Å². The van der Waals surface area contributed by atoms with Crippen molar-refractivity contribution in [2.24, 2.45) is 5.92 Å². The smallest absolute Gasteiger partial charge is 0.254 e. The highest BCUT2D eigenvalue weighted by molar-refractivity contribution is 6.33. The Balaban J connectivity index is 1.57. The van der Waals surface area contributed by atoms with Crippen molar-refractivity contribution >= 4 is 33.9 Å². The van der Waals surface area contributed by atoms with E-state index in [-0.39, 0.29) is 18.4 Å². The third-order valence-electron chi connectivity index (χ3n) is 7.24. The zero-order valence-electron chi connectivity index (χ0n) is 22.5. The number of nitrogens with zero attached hydrogens (tertiary/aromatic N) is 1. The van der Waals surface area contributed by atoms with Crippen LogP contribution in [0.5, 0.6) is 17.2 Å². The molecule has 3 aromatic rings. The number of hydrogen-bond acceptors (Lipinski definition) is 7. The predicted octanol–water partition coefficient (Wildman–Crippen LogP) is 2.57. The van der Waals surface area contributed by atoms with Gasteiger partial charge in [-0.3, -0.25) is 9.59 Å². The summed E-state index contributed by atoms with van der Waals surface area (Å²) in [6.45, 7) is 3.01. The highest BCUT2D eigenvalue weighted by atomic mass is 16.6. The molecule has 0 radical (unpaired) electrons. The number of hydrogen-bond donors (Lipinski definition) is 3. The van der Waals surface area contributed by atoms with E-state index in [1.165, 1.54) is 21.3 Å². The van der Waals surface area contributed by atoms with Gasteiger partial charge in [-0.15, -0.1) is 0 Å². The molecule has 3 heterocycles. The highest BCUT2D eigenvalue weighted by Crippen LogP contribution is 2.51. The number of aliphatic hydroxyl groups excluding tert-OH is 1. The third kappa shape index (κ3) is 4.70. The number of methoxy groups -OCH3 is 3. The summed E-state index contributed by atoms with van der Waals surface area (Å²) in [7, 11) is 4.61. The minimum Gasteiger partial charge on any atom is -0.493 e. The van der Waals surface area contributed by atoms with Gasteiger partial charge in [0.2, 0.25) is 11.7 Å². The average molecular weight is 536 g/mol. The largest absolute Gasteiger partial charge is 0.493 e. The number of amides is 2. The quantitative estimate of drug-likeness (QED) is 0.255. The second-order valence-electron chi connectivity index (χ2n) is 9.72. The molecule has 1 aromatic heterocycles. The van der Waals surface area contributed by atoms with Crippen LogP contribution in [0.25, 0.3) is 22.0 Å². The lowest BCUT2D eigenvalue weighted by Crippen LogP contribution is -2.32. The summed E-state index contributed by atoms with van der Waals surface area (Å²) in [5.74, 6) is 0.493. The number of aromatic nitrogens is 1. The zero-order valence-corrected chi connectivity index (χ0v) is 22.5. The molecule has 39 heavy (non-hydrogen) atoms. The number of para-hydroxylation sites is 1. The molecule has 0 bridgehead atoms. The monoisotopic (exact) mass is 535 g/mol. The first kappa shape index (κ1) is 26.6. The minimum absolute atomic E-state index is 0.168. The molecule has 2 aromatic carbocycles. The number of rotatable bonds is 11. The molecule has 1 spiro atoms. The van der Waals surface area contributed by atoms with E-state index in [1.807, 2.05) is 30.5 Å². The van der Waals surface area contributed by atoms with Gasteiger partial charge in [-0.2, -0.15) is 0 Å². The van der Waals surface area contributed by atoms with Gasteiger partial charge in [0.25, 0.3) is 5.91 Å². The lowest BCUT2D eigenvalue weighted by molar-refractivity contribution is -0.125. The lowest BCUT2D eigenvalue weighted by atomic mass is 9.92. The first-order valence-electron chi connectivity index (χ1n) is 12.9. The van der Waals surface area contributed by atoms with E-state index < -0.39 is 11.6 Å². The van der Waals surface area contributed by atoms with E-state index in [4.69, 9.17) is 18.9 Å². The van der Waals surface area contributed by atoms with Gasteiger partial charge < -0.3 is 39.3 Å². The van der Waals surface area contributed by atoms with Crippen molar-refractivity contribution < 1.29 is 33.6 Å². The molecular weight excluding hydrogens is 502 g/mol. The molecular formula is C29H33N3O7. The van der Waals surface area contributed by atoms with Crippen LogP contribution in [0, 0.1) is 5.92 Å². The van der Waals surface area contributed by atoms with Crippen LogP contribution in [0.2, 0.25) is 0 Å². The van der Waals surface area contributed by atoms with Crippen molar-refractivity contribution in [2.45, 2.75) is 25.6 Å². The summed E-state index contributed by atoms with van der Waals surface area (Å²) in [4.78, 5) is 25.5. The first-order chi connectivity index (χ1) is 18.9. The summed E-state index contributed by atoms with van der Waals surface area (Å²) in [6.07, 6.45) is 2.74. The van der Waals surface area contributed by atoms with Gasteiger partial charge >= 0.3 is 0 Å². The van der Waals surface area contributed by atoms with Crippen molar-refractivity contribution in [3.05, 3.63) is 53.7 Å². The fourth-order valence-corrected chi connectivity index (χ4v) is 5.11. The Morgan fingerprint density at radius 3 is 2.49 bits per heavy atom. The molecule has 10 nitrogen and oxygen atoms in total. The molecule has 2 amide bonds. The van der Waals surface area contributed by atoms with Crippen LogP contribution in [0.15, 0.2) is 42.6 Å². The molecule has 1 saturated heterocycles. The van der Waals surface area contributed by atoms with E-state index in [9.17, 15) is 14.7 Å². The standard InChI is InChI=1S/C29H33N3O7/c1-17(15-33)27(34)30-10-7-11-32-14-20(19-8-5-6-9-21(19)32)25-24(28(35)31-29(25)16-39-29)18-12-22(36-2)26(38-4)23(13-18)37-3/h5-6,8-9,12-14,17,33H,7,10-11,15-16H2,1-4H3,(H,30,34)(H,31,35).